The maximum Gasteiger partial charge on any atom is 0.129 e. The summed E-state index contributed by atoms with van der Waals surface area (Å²) in [4.78, 5) is 8.36. The van der Waals surface area contributed by atoms with Crippen molar-refractivity contribution in [3.05, 3.63) is 18.1 Å². The molecule has 0 fully saturated rings. The molecule has 0 aliphatic rings. The largest absolute Gasteiger partial charge is 0.388 e. The zero-order chi connectivity index (χ0) is 12.7. The van der Waals surface area contributed by atoms with Gasteiger partial charge in [0.15, 0.2) is 0 Å². The number of nitrogens with one attached hydrogen (secondary N) is 1. The molecule has 0 aliphatic carbocycles. The Balaban J connectivity index is 2.59. The van der Waals surface area contributed by atoms with Gasteiger partial charge in [-0.05, 0) is 19.3 Å². The highest BCUT2D eigenvalue weighted by molar-refractivity contribution is 5.35. The van der Waals surface area contributed by atoms with E-state index in [9.17, 15) is 5.11 Å². The predicted octanol–water partition coefficient (Wildman–Crippen LogP) is 2.39. The summed E-state index contributed by atoms with van der Waals surface area (Å²) in [5, 5.41) is 13.3. The third kappa shape index (κ3) is 4.30. The van der Waals surface area contributed by atoms with Gasteiger partial charge in [-0.15, -0.1) is 0 Å². The van der Waals surface area contributed by atoms with Crippen LogP contribution in [0.2, 0.25) is 0 Å². The summed E-state index contributed by atoms with van der Waals surface area (Å²) >= 11 is 0. The highest BCUT2D eigenvalue weighted by Crippen LogP contribution is 2.15. The molecule has 1 aromatic heterocycles. The predicted molar refractivity (Wildman–Crippen MR) is 70.0 cm³/mol. The van der Waals surface area contributed by atoms with Crippen LogP contribution in [0.15, 0.2) is 12.4 Å². The Labute approximate surface area is 103 Å². The van der Waals surface area contributed by atoms with Crippen LogP contribution in [0.4, 0.5) is 5.82 Å². The first-order valence-corrected chi connectivity index (χ1v) is 6.40. The van der Waals surface area contributed by atoms with Gasteiger partial charge in [-0.1, -0.05) is 27.2 Å². The van der Waals surface area contributed by atoms with Crippen molar-refractivity contribution in [3.8, 4) is 0 Å². The van der Waals surface area contributed by atoms with Crippen molar-refractivity contribution in [2.75, 3.05) is 11.9 Å². The highest BCUT2D eigenvalue weighted by Gasteiger charge is 2.21. The van der Waals surface area contributed by atoms with Gasteiger partial charge in [0.2, 0.25) is 0 Å². The SMILES string of the molecule is CCCc1cc(NCC(O)(CC)CC)ncn1. The van der Waals surface area contributed by atoms with Gasteiger partial charge in [-0.2, -0.15) is 0 Å². The number of rotatable bonds is 7. The standard InChI is InChI=1S/C13H23N3O/c1-4-7-11-8-12(16-10-15-11)14-9-13(17,5-2)6-3/h8,10,17H,4-7,9H2,1-3H3,(H,14,15,16). The molecule has 4 nitrogen and oxygen atoms in total. The minimum atomic E-state index is -0.643. The average Bonchev–Trinajstić information content (AvgIpc) is 2.37. The summed E-state index contributed by atoms with van der Waals surface area (Å²) in [6.45, 7) is 6.64. The smallest absolute Gasteiger partial charge is 0.129 e. The number of aliphatic hydroxyl groups is 1. The molecule has 0 unspecified atom stereocenters. The minimum Gasteiger partial charge on any atom is -0.388 e. The number of anilines is 1. The molecule has 0 amide bonds. The van der Waals surface area contributed by atoms with Crippen LogP contribution >= 0.6 is 0 Å². The van der Waals surface area contributed by atoms with Crippen molar-refractivity contribution in [2.45, 2.75) is 52.1 Å². The minimum absolute atomic E-state index is 0.530. The third-order valence-electron chi connectivity index (χ3n) is 3.14. The Hall–Kier alpha value is -1.16. The first kappa shape index (κ1) is 13.9. The second-order valence-corrected chi connectivity index (χ2v) is 4.43. The first-order chi connectivity index (χ1) is 8.13. The van der Waals surface area contributed by atoms with Crippen LogP contribution in [0.3, 0.4) is 0 Å². The molecule has 4 heteroatoms. The Kier molecular flexibility index (Phi) is 5.35. The molecule has 0 aromatic carbocycles. The lowest BCUT2D eigenvalue weighted by molar-refractivity contribution is 0.0456. The zero-order valence-corrected chi connectivity index (χ0v) is 11.0. The quantitative estimate of drug-likeness (QED) is 0.764. The second kappa shape index (κ2) is 6.55. The van der Waals surface area contributed by atoms with Gasteiger partial charge >= 0.3 is 0 Å². The van der Waals surface area contributed by atoms with E-state index < -0.39 is 5.60 Å². The molecule has 0 aliphatic heterocycles. The maximum absolute atomic E-state index is 10.2. The van der Waals surface area contributed by atoms with E-state index in [2.05, 4.69) is 22.2 Å². The number of hydrogen-bond acceptors (Lipinski definition) is 4. The van der Waals surface area contributed by atoms with E-state index in [1.165, 1.54) is 0 Å². The molecule has 2 N–H and O–H groups in total. The second-order valence-electron chi connectivity index (χ2n) is 4.43. The van der Waals surface area contributed by atoms with Crippen LogP contribution < -0.4 is 5.32 Å². The summed E-state index contributed by atoms with van der Waals surface area (Å²) in [5.74, 6) is 0.795. The zero-order valence-electron chi connectivity index (χ0n) is 11.0. The van der Waals surface area contributed by atoms with Crippen molar-refractivity contribution in [1.29, 1.82) is 0 Å². The van der Waals surface area contributed by atoms with E-state index in [1.807, 2.05) is 19.9 Å². The van der Waals surface area contributed by atoms with Crippen LogP contribution in [0.5, 0.6) is 0 Å². The van der Waals surface area contributed by atoms with E-state index in [0.29, 0.717) is 6.54 Å². The molecule has 0 radical (unpaired) electrons. The average molecular weight is 237 g/mol. The monoisotopic (exact) mass is 237 g/mol. The van der Waals surface area contributed by atoms with Crippen molar-refractivity contribution in [3.63, 3.8) is 0 Å². The van der Waals surface area contributed by atoms with Gasteiger partial charge in [-0.3, -0.25) is 0 Å². The van der Waals surface area contributed by atoms with Crippen molar-refractivity contribution < 1.29 is 5.11 Å². The summed E-state index contributed by atoms with van der Waals surface area (Å²) in [5.41, 5.74) is 0.400. The summed E-state index contributed by atoms with van der Waals surface area (Å²) in [6, 6.07) is 1.95. The van der Waals surface area contributed by atoms with Crippen LogP contribution in [-0.2, 0) is 6.42 Å². The van der Waals surface area contributed by atoms with Crippen molar-refractivity contribution >= 4 is 5.82 Å². The Morgan fingerprint density at radius 2 is 1.94 bits per heavy atom. The molecule has 0 atom stereocenters. The topological polar surface area (TPSA) is 58.0 Å². The number of hydrogen-bond donors (Lipinski definition) is 2. The van der Waals surface area contributed by atoms with Crippen LogP contribution in [-0.4, -0.2) is 27.2 Å². The molecular weight excluding hydrogens is 214 g/mol. The van der Waals surface area contributed by atoms with Crippen LogP contribution in [0.25, 0.3) is 0 Å². The number of nitrogens with zero attached hydrogens (tertiary/aromatic N) is 2. The number of aromatic nitrogens is 2. The lowest BCUT2D eigenvalue weighted by atomic mass is 9.98. The molecule has 1 rings (SSSR count). The van der Waals surface area contributed by atoms with E-state index >= 15 is 0 Å². The Morgan fingerprint density at radius 3 is 2.53 bits per heavy atom. The maximum atomic E-state index is 10.2. The molecule has 0 saturated carbocycles. The van der Waals surface area contributed by atoms with Gasteiger partial charge in [0, 0.05) is 18.3 Å². The summed E-state index contributed by atoms with van der Waals surface area (Å²) in [7, 11) is 0. The molecule has 0 saturated heterocycles. The molecule has 0 bridgehead atoms. The van der Waals surface area contributed by atoms with Crippen molar-refractivity contribution in [1.82, 2.24) is 9.97 Å². The highest BCUT2D eigenvalue weighted by atomic mass is 16.3. The first-order valence-electron chi connectivity index (χ1n) is 6.40. The Morgan fingerprint density at radius 1 is 1.24 bits per heavy atom. The lowest BCUT2D eigenvalue weighted by Crippen LogP contribution is -2.35. The van der Waals surface area contributed by atoms with Gasteiger partial charge in [-0.25, -0.2) is 9.97 Å². The van der Waals surface area contributed by atoms with Gasteiger partial charge < -0.3 is 10.4 Å². The van der Waals surface area contributed by atoms with E-state index in [4.69, 9.17) is 0 Å². The van der Waals surface area contributed by atoms with Crippen LogP contribution in [0.1, 0.15) is 45.7 Å². The lowest BCUT2D eigenvalue weighted by Gasteiger charge is -2.25. The normalized spacial score (nSPS) is 11.5. The van der Waals surface area contributed by atoms with E-state index in [0.717, 1.165) is 37.2 Å². The van der Waals surface area contributed by atoms with Crippen molar-refractivity contribution in [2.24, 2.45) is 0 Å². The molecule has 96 valence electrons. The molecular formula is C13H23N3O. The molecule has 17 heavy (non-hydrogen) atoms. The fourth-order valence-electron chi connectivity index (χ4n) is 1.64. The molecule has 1 aromatic rings. The summed E-state index contributed by atoms with van der Waals surface area (Å²) < 4.78 is 0. The molecule has 0 spiro atoms. The third-order valence-corrected chi connectivity index (χ3v) is 3.14. The molecule has 1 heterocycles. The van der Waals surface area contributed by atoms with Gasteiger partial charge in [0.05, 0.1) is 5.60 Å². The fourth-order valence-corrected chi connectivity index (χ4v) is 1.64. The number of aryl methyl sites for hydroxylation is 1. The van der Waals surface area contributed by atoms with Gasteiger partial charge in [0.25, 0.3) is 0 Å². The van der Waals surface area contributed by atoms with E-state index in [-0.39, 0.29) is 0 Å². The van der Waals surface area contributed by atoms with Crippen LogP contribution in [0, 0.1) is 0 Å². The summed E-state index contributed by atoms with van der Waals surface area (Å²) in [6.07, 6.45) is 5.09. The van der Waals surface area contributed by atoms with Gasteiger partial charge in [0.1, 0.15) is 12.1 Å². The fraction of sp³-hybridized carbons (Fsp3) is 0.692. The Bertz CT molecular complexity index is 337. The van der Waals surface area contributed by atoms with E-state index in [1.54, 1.807) is 6.33 Å².